The molecule has 10 heteroatoms. The molecule has 2 aromatic carbocycles. The fraction of sp³-hybridized carbons (Fsp3) is 0.433. The van der Waals surface area contributed by atoms with Crippen LogP contribution in [0.4, 0.5) is 8.78 Å². The van der Waals surface area contributed by atoms with Gasteiger partial charge in [-0.2, -0.15) is 0 Å². The van der Waals surface area contributed by atoms with Gasteiger partial charge in [-0.3, -0.25) is 14.4 Å². The molecule has 1 saturated carbocycles. The van der Waals surface area contributed by atoms with Crippen molar-refractivity contribution >= 4 is 17.7 Å². The SMILES string of the molecule is O=C(NC[C@H]1C[C@@H](NC(=O)[C@@H]2C[C@H](F)CN2)CN1C(=O)C1CC1)c1ccc(C#Cc2ccc(CO)cc2)cc1F. The van der Waals surface area contributed by atoms with Crippen LogP contribution >= 0.6 is 0 Å². The first-order valence-electron chi connectivity index (χ1n) is 13.6. The molecule has 1 aliphatic carbocycles. The maximum atomic E-state index is 14.8. The van der Waals surface area contributed by atoms with E-state index in [2.05, 4.69) is 27.8 Å². The zero-order valence-corrected chi connectivity index (χ0v) is 22.0. The smallest absolute Gasteiger partial charge is 0.254 e. The Bertz CT molecular complexity index is 1340. The van der Waals surface area contributed by atoms with Crippen LogP contribution in [0.25, 0.3) is 0 Å². The number of aliphatic hydroxyl groups excluding tert-OH is 1. The van der Waals surface area contributed by atoms with Crippen LogP contribution < -0.4 is 16.0 Å². The Hall–Kier alpha value is -3.81. The summed E-state index contributed by atoms with van der Waals surface area (Å²) in [4.78, 5) is 40.0. The van der Waals surface area contributed by atoms with Crippen LogP contribution in [0.5, 0.6) is 0 Å². The summed E-state index contributed by atoms with van der Waals surface area (Å²) >= 11 is 0. The van der Waals surface area contributed by atoms with Crippen molar-refractivity contribution in [1.82, 2.24) is 20.9 Å². The molecule has 40 heavy (non-hydrogen) atoms. The van der Waals surface area contributed by atoms with Gasteiger partial charge in [-0.15, -0.1) is 0 Å². The summed E-state index contributed by atoms with van der Waals surface area (Å²) < 4.78 is 28.3. The standard InChI is InChI=1S/C30H32F2N4O4/c31-22-12-27(33-14-22)29(39)35-23-13-24(36(16-23)30(40)21-8-9-21)15-34-28(38)25-10-7-19(11-26(25)32)4-1-18-2-5-20(17-37)6-3-18/h2-3,5-7,10-11,21-24,27,33,37H,8-9,12-17H2,(H,34,38)(H,35,39)/t22-,23+,24+,27-/m0/s1. The number of nitrogens with one attached hydrogen (secondary N) is 3. The third kappa shape index (κ3) is 6.66. The predicted octanol–water partition coefficient (Wildman–Crippen LogP) is 1.64. The monoisotopic (exact) mass is 550 g/mol. The molecule has 0 radical (unpaired) electrons. The Balaban J connectivity index is 1.19. The normalized spacial score (nSPS) is 23.8. The van der Waals surface area contributed by atoms with Gasteiger partial charge in [0.15, 0.2) is 0 Å². The minimum atomic E-state index is -1.05. The fourth-order valence-electron chi connectivity index (χ4n) is 5.16. The molecule has 3 fully saturated rings. The van der Waals surface area contributed by atoms with Gasteiger partial charge in [0, 0.05) is 49.1 Å². The number of amides is 3. The highest BCUT2D eigenvalue weighted by atomic mass is 19.1. The predicted molar refractivity (Wildman–Crippen MR) is 143 cm³/mol. The van der Waals surface area contributed by atoms with E-state index in [0.29, 0.717) is 24.1 Å². The quantitative estimate of drug-likeness (QED) is 0.392. The molecule has 3 aliphatic rings. The summed E-state index contributed by atoms with van der Waals surface area (Å²) in [5.74, 6) is 4.16. The van der Waals surface area contributed by atoms with E-state index >= 15 is 0 Å². The molecular formula is C30H32F2N4O4. The number of nitrogens with zero attached hydrogens (tertiary/aromatic N) is 1. The average Bonchev–Trinajstić information content (AvgIpc) is 3.59. The van der Waals surface area contributed by atoms with E-state index in [0.717, 1.165) is 18.4 Å². The molecule has 4 N–H and O–H groups in total. The zero-order valence-electron chi connectivity index (χ0n) is 22.0. The number of aliphatic hydroxyl groups is 1. The number of benzene rings is 2. The van der Waals surface area contributed by atoms with E-state index in [4.69, 9.17) is 5.11 Å². The lowest BCUT2D eigenvalue weighted by atomic mass is 10.1. The van der Waals surface area contributed by atoms with Gasteiger partial charge in [0.1, 0.15) is 12.0 Å². The van der Waals surface area contributed by atoms with Gasteiger partial charge in [0.25, 0.3) is 5.91 Å². The summed E-state index contributed by atoms with van der Waals surface area (Å²) in [6.07, 6.45) is 1.15. The first-order chi connectivity index (χ1) is 19.3. The third-order valence-corrected chi connectivity index (χ3v) is 7.56. The molecule has 3 amide bonds. The average molecular weight is 551 g/mol. The van der Waals surface area contributed by atoms with E-state index in [1.807, 2.05) is 0 Å². The Morgan fingerprint density at radius 2 is 1.77 bits per heavy atom. The van der Waals surface area contributed by atoms with Gasteiger partial charge >= 0.3 is 0 Å². The van der Waals surface area contributed by atoms with E-state index in [9.17, 15) is 23.2 Å². The first kappa shape index (κ1) is 27.7. The maximum absolute atomic E-state index is 14.8. The molecule has 2 heterocycles. The number of carbonyl (C=O) groups is 3. The number of hydrogen-bond acceptors (Lipinski definition) is 5. The lowest BCUT2D eigenvalue weighted by Crippen LogP contribution is -2.46. The number of alkyl halides is 1. The van der Waals surface area contributed by atoms with E-state index in [1.165, 1.54) is 12.1 Å². The highest BCUT2D eigenvalue weighted by Gasteiger charge is 2.42. The topological polar surface area (TPSA) is 111 Å². The lowest BCUT2D eigenvalue weighted by molar-refractivity contribution is -0.133. The highest BCUT2D eigenvalue weighted by molar-refractivity contribution is 5.94. The molecule has 2 saturated heterocycles. The van der Waals surface area contributed by atoms with Gasteiger partial charge in [-0.05, 0) is 55.2 Å². The second-order valence-electron chi connectivity index (χ2n) is 10.7. The minimum absolute atomic E-state index is 0.001000. The molecule has 2 aromatic rings. The molecule has 5 rings (SSSR count). The molecule has 0 unspecified atom stereocenters. The third-order valence-electron chi connectivity index (χ3n) is 7.56. The van der Waals surface area contributed by atoms with Crippen molar-refractivity contribution in [2.24, 2.45) is 5.92 Å². The van der Waals surface area contributed by atoms with Crippen molar-refractivity contribution in [2.45, 2.75) is 56.6 Å². The van der Waals surface area contributed by atoms with Crippen LogP contribution in [0, 0.1) is 23.6 Å². The molecule has 2 aliphatic heterocycles. The van der Waals surface area contributed by atoms with Crippen molar-refractivity contribution in [3.8, 4) is 11.8 Å². The largest absolute Gasteiger partial charge is 0.392 e. The van der Waals surface area contributed by atoms with E-state index in [1.54, 1.807) is 35.2 Å². The Morgan fingerprint density at radius 1 is 1.05 bits per heavy atom. The summed E-state index contributed by atoms with van der Waals surface area (Å²) in [5, 5.41) is 17.7. The molecule has 4 atom stereocenters. The minimum Gasteiger partial charge on any atom is -0.392 e. The molecule has 0 bridgehead atoms. The van der Waals surface area contributed by atoms with Crippen LogP contribution in [0.3, 0.4) is 0 Å². The van der Waals surface area contributed by atoms with Crippen molar-refractivity contribution in [3.05, 3.63) is 70.5 Å². The highest BCUT2D eigenvalue weighted by Crippen LogP contribution is 2.33. The first-order valence-corrected chi connectivity index (χ1v) is 13.6. The Labute approximate surface area is 231 Å². The Morgan fingerprint density at radius 3 is 2.42 bits per heavy atom. The summed E-state index contributed by atoms with van der Waals surface area (Å²) in [6, 6.07) is 9.92. The van der Waals surface area contributed by atoms with E-state index in [-0.39, 0.29) is 61.5 Å². The number of halogens is 2. The van der Waals surface area contributed by atoms with Gasteiger partial charge in [-0.25, -0.2) is 8.78 Å². The molecule has 0 spiro atoms. The summed E-state index contributed by atoms with van der Waals surface area (Å²) in [6.45, 7) is 0.517. The molecule has 210 valence electrons. The molecule has 0 aromatic heterocycles. The maximum Gasteiger partial charge on any atom is 0.254 e. The lowest BCUT2D eigenvalue weighted by Gasteiger charge is -2.25. The van der Waals surface area contributed by atoms with Gasteiger partial charge in [-0.1, -0.05) is 24.0 Å². The van der Waals surface area contributed by atoms with Crippen molar-refractivity contribution in [2.75, 3.05) is 19.6 Å². The number of likely N-dealkylation sites (tertiary alicyclic amines) is 1. The van der Waals surface area contributed by atoms with Crippen LogP contribution in [0.15, 0.2) is 42.5 Å². The van der Waals surface area contributed by atoms with Crippen molar-refractivity contribution in [3.63, 3.8) is 0 Å². The number of carbonyl (C=O) groups excluding carboxylic acids is 3. The van der Waals surface area contributed by atoms with Crippen molar-refractivity contribution in [1.29, 1.82) is 0 Å². The zero-order chi connectivity index (χ0) is 28.2. The van der Waals surface area contributed by atoms with Crippen LogP contribution in [-0.2, 0) is 16.2 Å². The van der Waals surface area contributed by atoms with E-state index < -0.39 is 23.9 Å². The summed E-state index contributed by atoms with van der Waals surface area (Å²) in [5.41, 5.74) is 1.75. The molecular weight excluding hydrogens is 518 g/mol. The molecule has 8 nitrogen and oxygen atoms in total. The Kier molecular flexibility index (Phi) is 8.43. The van der Waals surface area contributed by atoms with Crippen molar-refractivity contribution < 1.29 is 28.3 Å². The second kappa shape index (κ2) is 12.1. The number of hydrogen-bond donors (Lipinski definition) is 4. The number of rotatable bonds is 7. The summed E-state index contributed by atoms with van der Waals surface area (Å²) in [7, 11) is 0. The van der Waals surface area contributed by atoms with Gasteiger partial charge in [0.2, 0.25) is 11.8 Å². The van der Waals surface area contributed by atoms with Crippen LogP contribution in [0.1, 0.15) is 52.7 Å². The van der Waals surface area contributed by atoms with Gasteiger partial charge in [0.05, 0.1) is 24.3 Å². The second-order valence-corrected chi connectivity index (χ2v) is 10.7. The van der Waals surface area contributed by atoms with Crippen LogP contribution in [-0.4, -0.2) is 71.7 Å². The van der Waals surface area contributed by atoms with Gasteiger partial charge < -0.3 is 26.0 Å². The van der Waals surface area contributed by atoms with Crippen LogP contribution in [0.2, 0.25) is 0 Å². The fourth-order valence-corrected chi connectivity index (χ4v) is 5.16.